The molecule has 0 saturated carbocycles. The number of carbonyl (C=O) groups excluding carboxylic acids is 3. The van der Waals surface area contributed by atoms with E-state index in [1.165, 1.54) is 0 Å². The highest BCUT2D eigenvalue weighted by molar-refractivity contribution is 6.22. The molecule has 0 radical (unpaired) electrons. The number of aromatic nitrogens is 2. The van der Waals surface area contributed by atoms with Crippen molar-refractivity contribution in [2.45, 2.75) is 6.61 Å². The first-order valence-electron chi connectivity index (χ1n) is 8.64. The molecule has 0 unspecified atom stereocenters. The van der Waals surface area contributed by atoms with E-state index in [1.807, 2.05) is 0 Å². The van der Waals surface area contributed by atoms with Gasteiger partial charge in [-0.2, -0.15) is 4.98 Å². The van der Waals surface area contributed by atoms with Crippen LogP contribution in [0.4, 0.5) is 0 Å². The van der Waals surface area contributed by atoms with Crippen LogP contribution in [0.25, 0.3) is 11.4 Å². The Labute approximate surface area is 164 Å². The lowest BCUT2D eigenvalue weighted by Crippen LogP contribution is -2.35. The van der Waals surface area contributed by atoms with Crippen LogP contribution in [-0.2, 0) is 16.1 Å². The highest BCUT2D eigenvalue weighted by Gasteiger charge is 2.36. The van der Waals surface area contributed by atoms with Gasteiger partial charge in [-0.3, -0.25) is 19.3 Å². The minimum absolute atomic E-state index is 0.0820. The molecule has 0 N–H and O–H groups in total. The Kier molecular flexibility index (Phi) is 4.78. The summed E-state index contributed by atoms with van der Waals surface area (Å²) in [7, 11) is 1.55. The average Bonchev–Trinajstić information content (AvgIpc) is 3.32. The van der Waals surface area contributed by atoms with Crippen molar-refractivity contribution in [3.05, 3.63) is 65.5 Å². The van der Waals surface area contributed by atoms with Crippen LogP contribution >= 0.6 is 0 Å². The number of fused-ring (bicyclic) bond motifs is 1. The largest absolute Gasteiger partial charge is 0.497 e. The molecule has 1 aliphatic heterocycles. The highest BCUT2D eigenvalue weighted by Crippen LogP contribution is 2.23. The first kappa shape index (κ1) is 18.4. The lowest BCUT2D eigenvalue weighted by molar-refractivity contribution is -0.146. The van der Waals surface area contributed by atoms with Crippen LogP contribution in [0.2, 0.25) is 0 Å². The topological polar surface area (TPSA) is 112 Å². The van der Waals surface area contributed by atoms with Crippen molar-refractivity contribution >= 4 is 17.8 Å². The van der Waals surface area contributed by atoms with E-state index in [2.05, 4.69) is 10.1 Å². The van der Waals surface area contributed by atoms with Crippen molar-refractivity contribution in [2.75, 3.05) is 13.7 Å². The Balaban J connectivity index is 1.37. The summed E-state index contributed by atoms with van der Waals surface area (Å²) in [5.41, 5.74) is 1.21. The minimum atomic E-state index is -0.763. The van der Waals surface area contributed by atoms with E-state index >= 15 is 0 Å². The molecule has 2 amide bonds. The monoisotopic (exact) mass is 393 g/mol. The Hall–Kier alpha value is -4.01. The fourth-order valence-corrected chi connectivity index (χ4v) is 2.89. The summed E-state index contributed by atoms with van der Waals surface area (Å²) in [5.74, 6) is -0.781. The number of benzene rings is 2. The third-order valence-corrected chi connectivity index (χ3v) is 4.32. The van der Waals surface area contributed by atoms with E-state index in [-0.39, 0.29) is 23.6 Å². The Bertz CT molecular complexity index is 1070. The Morgan fingerprint density at radius 3 is 2.48 bits per heavy atom. The molecule has 9 heteroatoms. The van der Waals surface area contributed by atoms with Gasteiger partial charge in [0.15, 0.2) is 6.61 Å². The number of ether oxygens (including phenoxy) is 2. The Morgan fingerprint density at radius 1 is 1.07 bits per heavy atom. The zero-order valence-corrected chi connectivity index (χ0v) is 15.3. The number of hydrogen-bond acceptors (Lipinski definition) is 8. The molecular formula is C20H15N3O6. The molecule has 0 saturated heterocycles. The van der Waals surface area contributed by atoms with E-state index < -0.39 is 24.3 Å². The first-order chi connectivity index (χ1) is 14.1. The summed E-state index contributed by atoms with van der Waals surface area (Å²) in [6.45, 7) is -0.776. The zero-order chi connectivity index (χ0) is 20.4. The van der Waals surface area contributed by atoms with E-state index in [0.29, 0.717) is 17.1 Å². The van der Waals surface area contributed by atoms with Crippen molar-refractivity contribution in [3.8, 4) is 17.1 Å². The molecule has 3 aromatic rings. The van der Waals surface area contributed by atoms with Crippen LogP contribution in [-0.4, -0.2) is 46.5 Å². The summed E-state index contributed by atoms with van der Waals surface area (Å²) < 4.78 is 15.3. The van der Waals surface area contributed by atoms with Gasteiger partial charge < -0.3 is 14.0 Å². The van der Waals surface area contributed by atoms with Gasteiger partial charge in [-0.15, -0.1) is 0 Å². The normalized spacial score (nSPS) is 12.8. The predicted octanol–water partition coefficient (Wildman–Crippen LogP) is 2.08. The SMILES string of the molecule is COc1cccc(-c2noc(COC(=O)CN3C(=O)c4ccccc4C3=O)n2)c1. The van der Waals surface area contributed by atoms with Crippen LogP contribution in [0, 0.1) is 0 Å². The molecule has 0 aliphatic carbocycles. The molecular weight excluding hydrogens is 378 g/mol. The number of carbonyl (C=O) groups is 3. The summed E-state index contributed by atoms with van der Waals surface area (Å²) in [6.07, 6.45) is 0. The molecule has 0 bridgehead atoms. The quantitative estimate of drug-likeness (QED) is 0.462. The van der Waals surface area contributed by atoms with Crippen LogP contribution in [0.5, 0.6) is 5.75 Å². The number of amides is 2. The fraction of sp³-hybridized carbons (Fsp3) is 0.150. The van der Waals surface area contributed by atoms with Crippen molar-refractivity contribution in [3.63, 3.8) is 0 Å². The van der Waals surface area contributed by atoms with Crippen LogP contribution in [0.3, 0.4) is 0 Å². The average molecular weight is 393 g/mol. The first-order valence-corrected chi connectivity index (χ1v) is 8.64. The highest BCUT2D eigenvalue weighted by atomic mass is 16.6. The summed E-state index contributed by atoms with van der Waals surface area (Å²) >= 11 is 0. The van der Waals surface area contributed by atoms with Gasteiger partial charge in [0.1, 0.15) is 12.3 Å². The van der Waals surface area contributed by atoms with Crippen LogP contribution in [0.15, 0.2) is 53.1 Å². The summed E-state index contributed by atoms with van der Waals surface area (Å²) in [6, 6.07) is 13.5. The molecule has 1 aliphatic rings. The molecule has 146 valence electrons. The molecule has 9 nitrogen and oxygen atoms in total. The third-order valence-electron chi connectivity index (χ3n) is 4.32. The van der Waals surface area contributed by atoms with Crippen molar-refractivity contribution in [1.29, 1.82) is 0 Å². The van der Waals surface area contributed by atoms with E-state index in [1.54, 1.807) is 55.6 Å². The number of hydrogen-bond donors (Lipinski definition) is 0. The summed E-state index contributed by atoms with van der Waals surface area (Å²) in [4.78, 5) is 41.7. The molecule has 2 heterocycles. The van der Waals surface area contributed by atoms with E-state index in [0.717, 1.165) is 4.90 Å². The maximum atomic E-state index is 12.3. The molecule has 29 heavy (non-hydrogen) atoms. The maximum Gasteiger partial charge on any atom is 0.326 e. The molecule has 2 aromatic carbocycles. The molecule has 0 atom stereocenters. The standard InChI is InChI=1S/C20H15N3O6/c1-27-13-6-4-5-12(9-13)18-21-16(29-22-18)11-28-17(24)10-23-19(25)14-7-2-3-8-15(14)20(23)26/h2-9H,10-11H2,1H3. The number of esters is 1. The second kappa shape index (κ2) is 7.55. The van der Waals surface area contributed by atoms with Gasteiger partial charge in [-0.1, -0.05) is 29.4 Å². The lowest BCUT2D eigenvalue weighted by Gasteiger charge is -2.12. The third kappa shape index (κ3) is 3.57. The van der Waals surface area contributed by atoms with E-state index in [4.69, 9.17) is 14.0 Å². The molecule has 0 spiro atoms. The van der Waals surface area contributed by atoms with Crippen molar-refractivity contribution in [1.82, 2.24) is 15.0 Å². The number of nitrogens with zero attached hydrogens (tertiary/aromatic N) is 3. The molecule has 1 aromatic heterocycles. The Morgan fingerprint density at radius 2 is 1.79 bits per heavy atom. The fourth-order valence-electron chi connectivity index (χ4n) is 2.89. The second-order valence-corrected chi connectivity index (χ2v) is 6.15. The van der Waals surface area contributed by atoms with Crippen molar-refractivity contribution in [2.24, 2.45) is 0 Å². The second-order valence-electron chi connectivity index (χ2n) is 6.15. The lowest BCUT2D eigenvalue weighted by atomic mass is 10.1. The van der Waals surface area contributed by atoms with Gasteiger partial charge in [-0.25, -0.2) is 0 Å². The smallest absolute Gasteiger partial charge is 0.326 e. The van der Waals surface area contributed by atoms with Gasteiger partial charge in [0.25, 0.3) is 17.7 Å². The van der Waals surface area contributed by atoms with E-state index in [9.17, 15) is 14.4 Å². The zero-order valence-electron chi connectivity index (χ0n) is 15.3. The van der Waals surface area contributed by atoms with Gasteiger partial charge in [-0.05, 0) is 24.3 Å². The number of imide groups is 1. The van der Waals surface area contributed by atoms with Crippen LogP contribution < -0.4 is 4.74 Å². The number of rotatable bonds is 6. The van der Waals surface area contributed by atoms with Crippen molar-refractivity contribution < 1.29 is 28.4 Å². The summed E-state index contributed by atoms with van der Waals surface area (Å²) in [5, 5.41) is 3.84. The van der Waals surface area contributed by atoms with Gasteiger partial charge in [0, 0.05) is 5.56 Å². The number of methoxy groups -OCH3 is 1. The van der Waals surface area contributed by atoms with Gasteiger partial charge in [0.2, 0.25) is 5.82 Å². The molecule has 4 rings (SSSR count). The van der Waals surface area contributed by atoms with Gasteiger partial charge >= 0.3 is 5.97 Å². The maximum absolute atomic E-state index is 12.3. The predicted molar refractivity (Wildman–Crippen MR) is 97.9 cm³/mol. The minimum Gasteiger partial charge on any atom is -0.497 e. The van der Waals surface area contributed by atoms with Crippen LogP contribution in [0.1, 0.15) is 26.6 Å². The molecule has 0 fully saturated rings. The van der Waals surface area contributed by atoms with Gasteiger partial charge in [0.05, 0.1) is 18.2 Å².